The summed E-state index contributed by atoms with van der Waals surface area (Å²) in [6, 6.07) is 15.0. The standard InChI is InChI=1S/C20H25FN2O2/c1-3-23(14-17-9-10-19(25-2)18(21)13-17)15-20(24)22-12-11-16-7-5-4-6-8-16/h4-10,13H,3,11-12,14-15H2,1-2H3,(H,22,24)/p+1. The van der Waals surface area contributed by atoms with Gasteiger partial charge < -0.3 is 15.0 Å². The number of nitrogens with one attached hydrogen (secondary N) is 2. The van der Waals surface area contributed by atoms with Crippen molar-refractivity contribution in [3.05, 3.63) is 65.5 Å². The molecule has 134 valence electrons. The summed E-state index contributed by atoms with van der Waals surface area (Å²) in [5, 5.41) is 2.96. The Bertz CT molecular complexity index is 677. The van der Waals surface area contributed by atoms with Crippen molar-refractivity contribution in [2.24, 2.45) is 0 Å². The maximum atomic E-state index is 13.8. The van der Waals surface area contributed by atoms with Crippen LogP contribution in [0.4, 0.5) is 4.39 Å². The molecular weight excluding hydrogens is 319 g/mol. The number of methoxy groups -OCH3 is 1. The van der Waals surface area contributed by atoms with Crippen LogP contribution in [0.2, 0.25) is 0 Å². The molecule has 5 heteroatoms. The monoisotopic (exact) mass is 345 g/mol. The highest BCUT2D eigenvalue weighted by molar-refractivity contribution is 5.76. The minimum atomic E-state index is -0.372. The maximum absolute atomic E-state index is 13.8. The highest BCUT2D eigenvalue weighted by Crippen LogP contribution is 2.17. The zero-order valence-electron chi connectivity index (χ0n) is 14.8. The number of rotatable bonds is 9. The highest BCUT2D eigenvalue weighted by atomic mass is 19.1. The fraction of sp³-hybridized carbons (Fsp3) is 0.350. The van der Waals surface area contributed by atoms with E-state index in [2.05, 4.69) is 5.32 Å². The van der Waals surface area contributed by atoms with Crippen molar-refractivity contribution in [3.63, 3.8) is 0 Å². The van der Waals surface area contributed by atoms with E-state index in [9.17, 15) is 9.18 Å². The Morgan fingerprint density at radius 2 is 1.92 bits per heavy atom. The van der Waals surface area contributed by atoms with Crippen molar-refractivity contribution >= 4 is 5.91 Å². The number of benzene rings is 2. The number of quaternary nitrogens is 1. The number of carbonyl (C=O) groups excluding carboxylic acids is 1. The number of carbonyl (C=O) groups is 1. The van der Waals surface area contributed by atoms with Crippen molar-refractivity contribution in [1.29, 1.82) is 0 Å². The largest absolute Gasteiger partial charge is 0.494 e. The van der Waals surface area contributed by atoms with Gasteiger partial charge in [-0.05, 0) is 37.1 Å². The molecule has 0 heterocycles. The van der Waals surface area contributed by atoms with E-state index in [0.717, 1.165) is 23.4 Å². The first-order valence-corrected chi connectivity index (χ1v) is 8.59. The minimum absolute atomic E-state index is 0.0155. The van der Waals surface area contributed by atoms with Gasteiger partial charge in [-0.15, -0.1) is 0 Å². The fourth-order valence-corrected chi connectivity index (χ4v) is 2.70. The average Bonchev–Trinajstić information content (AvgIpc) is 2.62. The van der Waals surface area contributed by atoms with Crippen LogP contribution in [-0.4, -0.2) is 32.7 Å². The van der Waals surface area contributed by atoms with Crippen LogP contribution in [0.1, 0.15) is 18.1 Å². The average molecular weight is 345 g/mol. The van der Waals surface area contributed by atoms with Gasteiger partial charge in [-0.3, -0.25) is 4.79 Å². The molecule has 2 aromatic rings. The Kier molecular flexibility index (Phi) is 7.41. The van der Waals surface area contributed by atoms with Crippen molar-refractivity contribution < 1.29 is 18.8 Å². The predicted octanol–water partition coefficient (Wildman–Crippen LogP) is 1.60. The molecule has 25 heavy (non-hydrogen) atoms. The molecule has 4 nitrogen and oxygen atoms in total. The van der Waals surface area contributed by atoms with Gasteiger partial charge in [0.2, 0.25) is 0 Å². The summed E-state index contributed by atoms with van der Waals surface area (Å²) >= 11 is 0. The Morgan fingerprint density at radius 3 is 2.56 bits per heavy atom. The van der Waals surface area contributed by atoms with E-state index < -0.39 is 0 Å². The normalized spacial score (nSPS) is 11.8. The summed E-state index contributed by atoms with van der Waals surface area (Å²) in [6.07, 6.45) is 0.817. The Morgan fingerprint density at radius 1 is 1.16 bits per heavy atom. The summed E-state index contributed by atoms with van der Waals surface area (Å²) in [5.41, 5.74) is 2.06. The van der Waals surface area contributed by atoms with Gasteiger partial charge in [-0.1, -0.05) is 30.3 Å². The summed E-state index contributed by atoms with van der Waals surface area (Å²) in [5.74, 6) is -0.120. The number of halogens is 1. The third-order valence-corrected chi connectivity index (χ3v) is 4.16. The lowest BCUT2D eigenvalue weighted by molar-refractivity contribution is -0.904. The van der Waals surface area contributed by atoms with Gasteiger partial charge in [-0.2, -0.15) is 0 Å². The SMILES string of the molecule is CC[NH+](CC(=O)NCCc1ccccc1)Cc1ccc(OC)c(F)c1. The third kappa shape index (κ3) is 6.19. The zero-order chi connectivity index (χ0) is 18.1. The van der Waals surface area contributed by atoms with Gasteiger partial charge in [-0.25, -0.2) is 4.39 Å². The van der Waals surface area contributed by atoms with Gasteiger partial charge in [0.15, 0.2) is 18.1 Å². The van der Waals surface area contributed by atoms with Crippen LogP contribution in [0.25, 0.3) is 0 Å². The second-order valence-corrected chi connectivity index (χ2v) is 6.01. The van der Waals surface area contributed by atoms with Crippen LogP contribution in [0.15, 0.2) is 48.5 Å². The van der Waals surface area contributed by atoms with Crippen LogP contribution < -0.4 is 15.0 Å². The van der Waals surface area contributed by atoms with E-state index in [1.807, 2.05) is 43.3 Å². The molecule has 0 aliphatic heterocycles. The van der Waals surface area contributed by atoms with E-state index in [4.69, 9.17) is 4.74 Å². The van der Waals surface area contributed by atoms with E-state index in [-0.39, 0.29) is 17.5 Å². The molecule has 0 saturated carbocycles. The number of ether oxygens (including phenoxy) is 1. The molecule has 2 rings (SSSR count). The lowest BCUT2D eigenvalue weighted by Gasteiger charge is -2.17. The Labute approximate surface area is 148 Å². The zero-order valence-corrected chi connectivity index (χ0v) is 14.8. The number of likely N-dealkylation sites (N-methyl/N-ethyl adjacent to an activating group) is 1. The Balaban J connectivity index is 1.80. The summed E-state index contributed by atoms with van der Waals surface area (Å²) in [7, 11) is 1.45. The summed E-state index contributed by atoms with van der Waals surface area (Å²) in [6.45, 7) is 4.41. The van der Waals surface area contributed by atoms with Gasteiger partial charge in [0.05, 0.1) is 13.7 Å². The minimum Gasteiger partial charge on any atom is -0.494 e. The van der Waals surface area contributed by atoms with Crippen molar-refractivity contribution in [3.8, 4) is 5.75 Å². The van der Waals surface area contributed by atoms with E-state index in [0.29, 0.717) is 19.6 Å². The highest BCUT2D eigenvalue weighted by Gasteiger charge is 2.14. The molecule has 1 amide bonds. The van der Waals surface area contributed by atoms with Gasteiger partial charge in [0, 0.05) is 12.1 Å². The molecule has 0 spiro atoms. The first-order valence-electron chi connectivity index (χ1n) is 8.59. The maximum Gasteiger partial charge on any atom is 0.275 e. The van der Waals surface area contributed by atoms with Gasteiger partial charge in [0.25, 0.3) is 5.91 Å². The van der Waals surface area contributed by atoms with E-state index in [1.54, 1.807) is 6.07 Å². The van der Waals surface area contributed by atoms with Crippen LogP contribution in [0.5, 0.6) is 5.75 Å². The molecular formula is C20H26FN2O2+. The predicted molar refractivity (Wildman–Crippen MR) is 96.2 cm³/mol. The molecule has 0 fully saturated rings. The molecule has 0 saturated heterocycles. The third-order valence-electron chi connectivity index (χ3n) is 4.16. The Hall–Kier alpha value is -2.40. The molecule has 1 unspecified atom stereocenters. The van der Waals surface area contributed by atoms with Crippen LogP contribution >= 0.6 is 0 Å². The first-order chi connectivity index (χ1) is 12.1. The number of hydrogen-bond acceptors (Lipinski definition) is 2. The van der Waals surface area contributed by atoms with Crippen molar-refractivity contribution in [2.45, 2.75) is 19.9 Å². The first kappa shape index (κ1) is 18.9. The lowest BCUT2D eigenvalue weighted by Crippen LogP contribution is -3.11. The molecule has 1 atom stereocenters. The number of hydrogen-bond donors (Lipinski definition) is 2. The van der Waals surface area contributed by atoms with Crippen LogP contribution in [0, 0.1) is 5.82 Å². The van der Waals surface area contributed by atoms with E-state index >= 15 is 0 Å². The van der Waals surface area contributed by atoms with Crippen LogP contribution in [0.3, 0.4) is 0 Å². The summed E-state index contributed by atoms with van der Waals surface area (Å²) < 4.78 is 18.7. The van der Waals surface area contributed by atoms with Crippen molar-refractivity contribution in [1.82, 2.24) is 5.32 Å². The van der Waals surface area contributed by atoms with Gasteiger partial charge in [0.1, 0.15) is 6.54 Å². The molecule has 0 radical (unpaired) electrons. The molecule has 0 bridgehead atoms. The smallest absolute Gasteiger partial charge is 0.275 e. The molecule has 0 aromatic heterocycles. The molecule has 2 aromatic carbocycles. The van der Waals surface area contributed by atoms with Crippen LogP contribution in [-0.2, 0) is 17.8 Å². The number of amides is 1. The second kappa shape index (κ2) is 9.79. The lowest BCUT2D eigenvalue weighted by atomic mass is 10.1. The molecule has 0 aliphatic rings. The summed E-state index contributed by atoms with van der Waals surface area (Å²) in [4.78, 5) is 13.2. The topological polar surface area (TPSA) is 42.8 Å². The fourth-order valence-electron chi connectivity index (χ4n) is 2.70. The second-order valence-electron chi connectivity index (χ2n) is 6.01. The quantitative estimate of drug-likeness (QED) is 0.725. The van der Waals surface area contributed by atoms with Crippen molar-refractivity contribution in [2.75, 3.05) is 26.7 Å². The molecule has 0 aliphatic carbocycles. The molecule has 2 N–H and O–H groups in total. The van der Waals surface area contributed by atoms with Gasteiger partial charge >= 0.3 is 0 Å². The van der Waals surface area contributed by atoms with E-state index in [1.165, 1.54) is 18.7 Å².